The number of hydrogen-bond acceptors (Lipinski definition) is 3. The number of methoxy groups -OCH3 is 2. The molecule has 0 saturated carbocycles. The second-order valence-electron chi connectivity index (χ2n) is 4.00. The van der Waals surface area contributed by atoms with Crippen molar-refractivity contribution >= 4 is 15.9 Å². The van der Waals surface area contributed by atoms with Gasteiger partial charge in [-0.1, -0.05) is 13.8 Å². The molecule has 1 rings (SSSR count). The van der Waals surface area contributed by atoms with Gasteiger partial charge < -0.3 is 15.2 Å². The van der Waals surface area contributed by atoms with Gasteiger partial charge in [-0.25, -0.2) is 0 Å². The van der Waals surface area contributed by atoms with E-state index in [1.807, 2.05) is 0 Å². The predicted molar refractivity (Wildman–Crippen MR) is 74.1 cm³/mol. The molecule has 0 fully saturated rings. The van der Waals surface area contributed by atoms with Crippen molar-refractivity contribution in [3.63, 3.8) is 0 Å². The van der Waals surface area contributed by atoms with Gasteiger partial charge >= 0.3 is 0 Å². The lowest BCUT2D eigenvalue weighted by molar-refractivity contribution is 0.381. The Kier molecular flexibility index (Phi) is 5.28. The molecule has 1 unspecified atom stereocenters. The molecule has 2 N–H and O–H groups in total. The Labute approximate surface area is 111 Å². The molecular weight excluding hydrogens is 282 g/mol. The summed E-state index contributed by atoms with van der Waals surface area (Å²) in [7, 11) is 3.34. The summed E-state index contributed by atoms with van der Waals surface area (Å²) in [6.45, 7) is 4.79. The number of nitrogens with two attached hydrogens (primary N) is 1. The molecule has 1 atom stereocenters. The molecule has 96 valence electrons. The first-order chi connectivity index (χ1) is 8.10. The minimum absolute atomic E-state index is 0.262. The van der Waals surface area contributed by atoms with Crippen molar-refractivity contribution < 1.29 is 9.47 Å². The van der Waals surface area contributed by atoms with Crippen LogP contribution in [0.3, 0.4) is 0 Å². The highest BCUT2D eigenvalue weighted by atomic mass is 79.9. The van der Waals surface area contributed by atoms with E-state index in [0.717, 1.165) is 33.5 Å². The fourth-order valence-electron chi connectivity index (χ4n) is 1.87. The molecular formula is C13H20BrNO2. The van der Waals surface area contributed by atoms with E-state index in [-0.39, 0.29) is 5.92 Å². The molecule has 0 aliphatic carbocycles. The molecule has 0 heterocycles. The standard InChI is InChI=1S/C13H20BrNO2/c1-5-9-6-10(8(2)7-15)13(17-4)11(14)12(9)16-3/h6,8H,5,7,15H2,1-4H3. The van der Waals surface area contributed by atoms with Crippen LogP contribution >= 0.6 is 15.9 Å². The van der Waals surface area contributed by atoms with Crippen LogP contribution in [0.25, 0.3) is 0 Å². The van der Waals surface area contributed by atoms with Crippen molar-refractivity contribution in [2.45, 2.75) is 26.2 Å². The fraction of sp³-hybridized carbons (Fsp3) is 0.538. The molecule has 0 radical (unpaired) electrons. The van der Waals surface area contributed by atoms with E-state index >= 15 is 0 Å². The Hall–Kier alpha value is -0.740. The summed E-state index contributed by atoms with van der Waals surface area (Å²) in [5.41, 5.74) is 8.02. The van der Waals surface area contributed by atoms with E-state index < -0.39 is 0 Å². The van der Waals surface area contributed by atoms with E-state index in [9.17, 15) is 0 Å². The van der Waals surface area contributed by atoms with Crippen molar-refractivity contribution in [2.75, 3.05) is 20.8 Å². The molecule has 17 heavy (non-hydrogen) atoms. The lowest BCUT2D eigenvalue weighted by atomic mass is 9.96. The normalized spacial score (nSPS) is 12.4. The van der Waals surface area contributed by atoms with E-state index in [1.54, 1.807) is 14.2 Å². The van der Waals surface area contributed by atoms with Crippen molar-refractivity contribution in [2.24, 2.45) is 5.73 Å². The van der Waals surface area contributed by atoms with Crippen LogP contribution in [0, 0.1) is 0 Å². The van der Waals surface area contributed by atoms with Gasteiger partial charge in [-0.2, -0.15) is 0 Å². The minimum atomic E-state index is 0.262. The van der Waals surface area contributed by atoms with E-state index in [4.69, 9.17) is 15.2 Å². The Morgan fingerprint density at radius 3 is 2.29 bits per heavy atom. The van der Waals surface area contributed by atoms with Crippen LogP contribution in [0.5, 0.6) is 11.5 Å². The predicted octanol–water partition coefficient (Wildman–Crippen LogP) is 3.09. The third kappa shape index (κ3) is 2.75. The number of halogens is 1. The first-order valence-corrected chi connectivity index (χ1v) is 6.53. The maximum Gasteiger partial charge on any atom is 0.140 e. The molecule has 0 aromatic heterocycles. The SMILES string of the molecule is CCc1cc(C(C)CN)c(OC)c(Br)c1OC. The summed E-state index contributed by atoms with van der Waals surface area (Å²) in [6, 6.07) is 2.12. The van der Waals surface area contributed by atoms with Gasteiger partial charge in [0.15, 0.2) is 0 Å². The topological polar surface area (TPSA) is 44.5 Å². The Balaban J connectivity index is 3.45. The summed E-state index contributed by atoms with van der Waals surface area (Å²) in [6.07, 6.45) is 0.913. The number of hydrogen-bond donors (Lipinski definition) is 1. The largest absolute Gasteiger partial charge is 0.495 e. The minimum Gasteiger partial charge on any atom is -0.495 e. The molecule has 0 bridgehead atoms. The van der Waals surface area contributed by atoms with E-state index in [0.29, 0.717) is 6.54 Å². The van der Waals surface area contributed by atoms with Crippen LogP contribution in [0.4, 0.5) is 0 Å². The number of rotatable bonds is 5. The molecule has 1 aromatic rings. The second kappa shape index (κ2) is 6.26. The highest BCUT2D eigenvalue weighted by molar-refractivity contribution is 9.10. The molecule has 0 spiro atoms. The summed E-state index contributed by atoms with van der Waals surface area (Å²) in [5, 5.41) is 0. The van der Waals surface area contributed by atoms with Crippen LogP contribution in [-0.4, -0.2) is 20.8 Å². The van der Waals surface area contributed by atoms with Gasteiger partial charge in [0.1, 0.15) is 16.0 Å². The first-order valence-electron chi connectivity index (χ1n) is 5.73. The van der Waals surface area contributed by atoms with Crippen LogP contribution in [0.1, 0.15) is 30.9 Å². The van der Waals surface area contributed by atoms with Crippen molar-refractivity contribution in [1.82, 2.24) is 0 Å². The first kappa shape index (κ1) is 14.3. The second-order valence-corrected chi connectivity index (χ2v) is 4.79. The van der Waals surface area contributed by atoms with Crippen LogP contribution in [0.2, 0.25) is 0 Å². The summed E-state index contributed by atoms with van der Waals surface area (Å²) >= 11 is 3.55. The van der Waals surface area contributed by atoms with E-state index in [2.05, 4.69) is 35.8 Å². The monoisotopic (exact) mass is 301 g/mol. The van der Waals surface area contributed by atoms with Crippen LogP contribution < -0.4 is 15.2 Å². The average molecular weight is 302 g/mol. The van der Waals surface area contributed by atoms with Gasteiger partial charge in [0.2, 0.25) is 0 Å². The summed E-state index contributed by atoms with van der Waals surface area (Å²) in [5.74, 6) is 1.92. The summed E-state index contributed by atoms with van der Waals surface area (Å²) < 4.78 is 11.8. The zero-order chi connectivity index (χ0) is 13.0. The fourth-order valence-corrected chi connectivity index (χ4v) is 2.68. The van der Waals surface area contributed by atoms with Gasteiger partial charge in [-0.15, -0.1) is 0 Å². The summed E-state index contributed by atoms with van der Waals surface area (Å²) in [4.78, 5) is 0. The molecule has 1 aromatic carbocycles. The maximum atomic E-state index is 5.74. The van der Waals surface area contributed by atoms with Crippen molar-refractivity contribution in [3.8, 4) is 11.5 Å². The van der Waals surface area contributed by atoms with Crippen LogP contribution in [0.15, 0.2) is 10.5 Å². The molecule has 3 nitrogen and oxygen atoms in total. The number of aryl methyl sites for hydroxylation is 1. The highest BCUT2D eigenvalue weighted by Crippen LogP contribution is 2.42. The average Bonchev–Trinajstić information content (AvgIpc) is 2.36. The highest BCUT2D eigenvalue weighted by Gasteiger charge is 2.19. The molecule has 4 heteroatoms. The van der Waals surface area contributed by atoms with Crippen molar-refractivity contribution in [1.29, 1.82) is 0 Å². The van der Waals surface area contributed by atoms with Gasteiger partial charge in [0.05, 0.1) is 14.2 Å². The lowest BCUT2D eigenvalue weighted by Gasteiger charge is -2.20. The van der Waals surface area contributed by atoms with E-state index in [1.165, 1.54) is 0 Å². The molecule has 0 saturated heterocycles. The quantitative estimate of drug-likeness (QED) is 0.909. The van der Waals surface area contributed by atoms with Gasteiger partial charge in [-0.3, -0.25) is 0 Å². The van der Waals surface area contributed by atoms with Crippen LogP contribution in [-0.2, 0) is 6.42 Å². The number of ether oxygens (including phenoxy) is 2. The smallest absolute Gasteiger partial charge is 0.140 e. The Morgan fingerprint density at radius 2 is 1.88 bits per heavy atom. The molecule has 0 aliphatic rings. The third-order valence-electron chi connectivity index (χ3n) is 2.96. The molecule has 0 amide bonds. The van der Waals surface area contributed by atoms with Gasteiger partial charge in [0.25, 0.3) is 0 Å². The maximum absolute atomic E-state index is 5.74. The molecule has 0 aliphatic heterocycles. The lowest BCUT2D eigenvalue weighted by Crippen LogP contribution is -2.11. The van der Waals surface area contributed by atoms with Gasteiger partial charge in [0, 0.05) is 0 Å². The Bertz CT molecular complexity index is 393. The zero-order valence-corrected chi connectivity index (χ0v) is 12.4. The zero-order valence-electron chi connectivity index (χ0n) is 10.8. The van der Waals surface area contributed by atoms with Gasteiger partial charge in [-0.05, 0) is 52.0 Å². The number of benzene rings is 1. The third-order valence-corrected chi connectivity index (χ3v) is 3.68. The van der Waals surface area contributed by atoms with Crippen molar-refractivity contribution in [3.05, 3.63) is 21.7 Å². The Morgan fingerprint density at radius 1 is 1.29 bits per heavy atom.